The molecule has 0 radical (unpaired) electrons. The molecule has 0 aliphatic rings. The molecule has 0 atom stereocenters. The fraction of sp³-hybridized carbons (Fsp3) is 0.0556. The van der Waals surface area contributed by atoms with E-state index < -0.39 is 0 Å². The predicted octanol–water partition coefficient (Wildman–Crippen LogP) is 3.48. The van der Waals surface area contributed by atoms with Gasteiger partial charge in [-0.15, -0.1) is 0 Å². The van der Waals surface area contributed by atoms with Gasteiger partial charge in [0.05, 0.1) is 5.39 Å². The SMILES string of the molecule is Cn1ccc(NC(=O)c2ccc3noc(-c4ccccc4)c3c2)n1. The molecular formula is C18H14N4O2. The lowest BCUT2D eigenvalue weighted by molar-refractivity contribution is 0.102. The average Bonchev–Trinajstić information content (AvgIpc) is 3.21. The molecule has 0 spiro atoms. The number of anilines is 1. The van der Waals surface area contributed by atoms with E-state index in [9.17, 15) is 4.79 Å². The number of fused-ring (bicyclic) bond motifs is 1. The topological polar surface area (TPSA) is 73.0 Å². The molecule has 1 amide bonds. The lowest BCUT2D eigenvalue weighted by Gasteiger charge is -2.02. The number of rotatable bonds is 3. The van der Waals surface area contributed by atoms with Gasteiger partial charge in [-0.05, 0) is 18.2 Å². The van der Waals surface area contributed by atoms with Gasteiger partial charge in [0.15, 0.2) is 11.6 Å². The van der Waals surface area contributed by atoms with Gasteiger partial charge in [0.25, 0.3) is 5.91 Å². The summed E-state index contributed by atoms with van der Waals surface area (Å²) >= 11 is 0. The van der Waals surface area contributed by atoms with Crippen molar-refractivity contribution in [2.75, 3.05) is 5.32 Å². The number of carbonyl (C=O) groups excluding carboxylic acids is 1. The van der Waals surface area contributed by atoms with E-state index in [-0.39, 0.29) is 5.91 Å². The molecule has 0 unspecified atom stereocenters. The molecule has 2 aromatic carbocycles. The minimum Gasteiger partial charge on any atom is -0.355 e. The number of hydrogen-bond donors (Lipinski definition) is 1. The molecule has 0 bridgehead atoms. The van der Waals surface area contributed by atoms with E-state index in [1.165, 1.54) is 0 Å². The van der Waals surface area contributed by atoms with Crippen LogP contribution in [0.1, 0.15) is 10.4 Å². The molecule has 4 rings (SSSR count). The van der Waals surface area contributed by atoms with Crippen molar-refractivity contribution in [2.24, 2.45) is 7.05 Å². The maximum Gasteiger partial charge on any atom is 0.256 e. The Bertz CT molecular complexity index is 1020. The highest BCUT2D eigenvalue weighted by molar-refractivity contribution is 6.07. The Morgan fingerprint density at radius 2 is 1.96 bits per heavy atom. The standard InChI is InChI=1S/C18H14N4O2/c1-22-10-9-16(20-22)19-18(23)13-7-8-15-14(11-13)17(24-21-15)12-5-3-2-4-6-12/h2-11H,1H3,(H,19,20,23). The van der Waals surface area contributed by atoms with Crippen LogP contribution in [0, 0.1) is 0 Å². The second-order valence-electron chi connectivity index (χ2n) is 5.44. The minimum atomic E-state index is -0.226. The first kappa shape index (κ1) is 14.2. The summed E-state index contributed by atoms with van der Waals surface area (Å²) in [5.74, 6) is 0.935. The number of nitrogens with zero attached hydrogens (tertiary/aromatic N) is 3. The molecule has 0 saturated heterocycles. The van der Waals surface area contributed by atoms with E-state index in [4.69, 9.17) is 4.52 Å². The van der Waals surface area contributed by atoms with Gasteiger partial charge in [-0.1, -0.05) is 35.5 Å². The fourth-order valence-corrected chi connectivity index (χ4v) is 2.55. The number of aromatic nitrogens is 3. The predicted molar refractivity (Wildman–Crippen MR) is 90.6 cm³/mol. The van der Waals surface area contributed by atoms with Crippen molar-refractivity contribution in [1.29, 1.82) is 0 Å². The quantitative estimate of drug-likeness (QED) is 0.627. The molecule has 6 nitrogen and oxygen atoms in total. The highest BCUT2D eigenvalue weighted by Gasteiger charge is 2.14. The zero-order valence-electron chi connectivity index (χ0n) is 12.9. The molecule has 0 aliphatic carbocycles. The summed E-state index contributed by atoms with van der Waals surface area (Å²) < 4.78 is 7.09. The van der Waals surface area contributed by atoms with Gasteiger partial charge in [0.2, 0.25) is 0 Å². The van der Waals surface area contributed by atoms with Crippen LogP contribution in [-0.2, 0) is 7.05 Å². The van der Waals surface area contributed by atoms with Crippen molar-refractivity contribution in [2.45, 2.75) is 0 Å². The Hall–Kier alpha value is -3.41. The highest BCUT2D eigenvalue weighted by atomic mass is 16.5. The van der Waals surface area contributed by atoms with Crippen molar-refractivity contribution in [3.05, 3.63) is 66.4 Å². The van der Waals surface area contributed by atoms with Crippen LogP contribution in [0.5, 0.6) is 0 Å². The van der Waals surface area contributed by atoms with E-state index in [2.05, 4.69) is 15.6 Å². The van der Waals surface area contributed by atoms with Gasteiger partial charge in [-0.25, -0.2) is 0 Å². The number of carbonyl (C=O) groups is 1. The van der Waals surface area contributed by atoms with Gasteiger partial charge in [0, 0.05) is 30.4 Å². The number of aryl methyl sites for hydroxylation is 1. The van der Waals surface area contributed by atoms with Crippen LogP contribution in [-0.4, -0.2) is 20.8 Å². The van der Waals surface area contributed by atoms with Crippen molar-refractivity contribution in [3.8, 4) is 11.3 Å². The van der Waals surface area contributed by atoms with Crippen LogP contribution in [0.3, 0.4) is 0 Å². The molecule has 1 N–H and O–H groups in total. The number of nitrogens with one attached hydrogen (secondary N) is 1. The molecule has 0 fully saturated rings. The number of benzene rings is 2. The second kappa shape index (κ2) is 5.66. The Kier molecular flexibility index (Phi) is 3.35. The van der Waals surface area contributed by atoms with Crippen LogP contribution in [0.2, 0.25) is 0 Å². The monoisotopic (exact) mass is 318 g/mol. The summed E-state index contributed by atoms with van der Waals surface area (Å²) in [5.41, 5.74) is 2.15. The number of hydrogen-bond acceptors (Lipinski definition) is 4. The van der Waals surface area contributed by atoms with Crippen molar-refractivity contribution < 1.29 is 9.32 Å². The van der Waals surface area contributed by atoms with Crippen LogP contribution in [0.4, 0.5) is 5.82 Å². The molecular weight excluding hydrogens is 304 g/mol. The summed E-state index contributed by atoms with van der Waals surface area (Å²) in [5, 5.41) is 11.8. The first-order valence-corrected chi connectivity index (χ1v) is 7.46. The Labute approximate surface area is 137 Å². The summed E-state index contributed by atoms with van der Waals surface area (Å²) in [6, 6.07) is 16.7. The zero-order valence-corrected chi connectivity index (χ0v) is 12.9. The van der Waals surface area contributed by atoms with E-state index >= 15 is 0 Å². The normalized spacial score (nSPS) is 10.9. The maximum atomic E-state index is 12.4. The van der Waals surface area contributed by atoms with Gasteiger partial charge in [-0.3, -0.25) is 9.48 Å². The van der Waals surface area contributed by atoms with Crippen LogP contribution in [0.15, 0.2) is 65.3 Å². The summed E-state index contributed by atoms with van der Waals surface area (Å²) in [6.07, 6.45) is 1.77. The maximum absolute atomic E-state index is 12.4. The molecule has 2 aromatic heterocycles. The molecule has 24 heavy (non-hydrogen) atoms. The Morgan fingerprint density at radius 1 is 1.12 bits per heavy atom. The summed E-state index contributed by atoms with van der Waals surface area (Å²) in [7, 11) is 1.80. The fourth-order valence-electron chi connectivity index (χ4n) is 2.55. The van der Waals surface area contributed by atoms with Crippen molar-refractivity contribution in [3.63, 3.8) is 0 Å². The van der Waals surface area contributed by atoms with Crippen molar-refractivity contribution in [1.82, 2.24) is 14.9 Å². The third kappa shape index (κ3) is 2.54. The molecule has 118 valence electrons. The zero-order chi connectivity index (χ0) is 16.5. The Morgan fingerprint density at radius 3 is 2.71 bits per heavy atom. The average molecular weight is 318 g/mol. The molecule has 4 aromatic rings. The van der Waals surface area contributed by atoms with E-state index in [0.717, 1.165) is 10.9 Å². The third-order valence-electron chi connectivity index (χ3n) is 3.73. The number of amides is 1. The highest BCUT2D eigenvalue weighted by Crippen LogP contribution is 2.29. The molecule has 0 aliphatic heterocycles. The Balaban J connectivity index is 1.71. The largest absolute Gasteiger partial charge is 0.355 e. The van der Waals surface area contributed by atoms with Crippen LogP contribution in [0.25, 0.3) is 22.2 Å². The van der Waals surface area contributed by atoms with E-state index in [1.54, 1.807) is 42.2 Å². The van der Waals surface area contributed by atoms with Gasteiger partial charge >= 0.3 is 0 Å². The lowest BCUT2D eigenvalue weighted by atomic mass is 10.1. The van der Waals surface area contributed by atoms with Gasteiger partial charge in [0.1, 0.15) is 5.52 Å². The second-order valence-corrected chi connectivity index (χ2v) is 5.44. The third-order valence-corrected chi connectivity index (χ3v) is 3.73. The van der Waals surface area contributed by atoms with Crippen LogP contribution >= 0.6 is 0 Å². The smallest absolute Gasteiger partial charge is 0.256 e. The molecule has 2 heterocycles. The molecule has 6 heteroatoms. The van der Waals surface area contributed by atoms with Gasteiger partial charge in [-0.2, -0.15) is 5.10 Å². The first-order valence-electron chi connectivity index (χ1n) is 7.46. The minimum absolute atomic E-state index is 0.226. The van der Waals surface area contributed by atoms with Crippen molar-refractivity contribution >= 4 is 22.6 Å². The lowest BCUT2D eigenvalue weighted by Crippen LogP contribution is -2.12. The van der Waals surface area contributed by atoms with E-state index in [1.807, 2.05) is 30.3 Å². The summed E-state index contributed by atoms with van der Waals surface area (Å²) in [4.78, 5) is 12.4. The van der Waals surface area contributed by atoms with Gasteiger partial charge < -0.3 is 9.84 Å². The van der Waals surface area contributed by atoms with E-state index in [0.29, 0.717) is 22.7 Å². The first-order chi connectivity index (χ1) is 11.7. The molecule has 0 saturated carbocycles. The summed E-state index contributed by atoms with van der Waals surface area (Å²) in [6.45, 7) is 0. The van der Waals surface area contributed by atoms with Crippen LogP contribution < -0.4 is 5.32 Å².